The van der Waals surface area contributed by atoms with Crippen LogP contribution in [0.15, 0.2) is 62.7 Å². The highest BCUT2D eigenvalue weighted by atomic mass is 32.1. The van der Waals surface area contributed by atoms with E-state index in [-0.39, 0.29) is 12.1 Å². The van der Waals surface area contributed by atoms with E-state index in [1.807, 2.05) is 31.2 Å². The van der Waals surface area contributed by atoms with Crippen LogP contribution in [0.5, 0.6) is 0 Å². The molecule has 0 radical (unpaired) electrons. The van der Waals surface area contributed by atoms with Crippen molar-refractivity contribution in [3.05, 3.63) is 74.9 Å². The minimum absolute atomic E-state index is 0.102. The molecular weight excluding hydrogens is 360 g/mol. The van der Waals surface area contributed by atoms with Gasteiger partial charge in [-0.3, -0.25) is 4.79 Å². The first-order valence-electron chi connectivity index (χ1n) is 8.22. The Morgan fingerprint density at radius 2 is 2.07 bits per heavy atom. The third-order valence-corrected chi connectivity index (χ3v) is 5.20. The van der Waals surface area contributed by atoms with Crippen molar-refractivity contribution in [3.63, 3.8) is 0 Å². The fraction of sp³-hybridized carbons (Fsp3) is 0.0952. The van der Waals surface area contributed by atoms with Gasteiger partial charge in [0.15, 0.2) is 4.80 Å². The molecule has 0 aliphatic rings. The Bertz CT molecular complexity index is 1370. The van der Waals surface area contributed by atoms with Crippen LogP contribution in [0.4, 0.5) is 0 Å². The lowest BCUT2D eigenvalue weighted by Gasteiger charge is -2.00. The highest BCUT2D eigenvalue weighted by Crippen LogP contribution is 2.19. The zero-order valence-electron chi connectivity index (χ0n) is 14.4. The molecule has 2 aromatic heterocycles. The van der Waals surface area contributed by atoms with Gasteiger partial charge in [-0.15, -0.1) is 6.42 Å². The zero-order chi connectivity index (χ0) is 19.0. The van der Waals surface area contributed by atoms with Crippen molar-refractivity contribution < 1.29 is 9.21 Å². The van der Waals surface area contributed by atoms with E-state index in [2.05, 4.69) is 10.9 Å². The number of benzene rings is 2. The number of hydrogen-bond acceptors (Lipinski definition) is 4. The van der Waals surface area contributed by atoms with Gasteiger partial charge in [-0.1, -0.05) is 41.5 Å². The third kappa shape index (κ3) is 3.09. The lowest BCUT2D eigenvalue weighted by Crippen LogP contribution is -2.19. The second-order valence-electron chi connectivity index (χ2n) is 6.05. The number of hydrogen-bond donors (Lipinski definition) is 0. The van der Waals surface area contributed by atoms with Crippen molar-refractivity contribution >= 4 is 38.4 Å². The van der Waals surface area contributed by atoms with E-state index in [0.717, 1.165) is 15.8 Å². The quantitative estimate of drug-likeness (QED) is 0.398. The van der Waals surface area contributed by atoms with Gasteiger partial charge in [0.25, 0.3) is 5.91 Å². The number of nitrogens with zero attached hydrogens (tertiary/aromatic N) is 2. The summed E-state index contributed by atoms with van der Waals surface area (Å²) in [6, 6.07) is 14.5. The number of para-hydroxylation sites is 1. The molecule has 4 rings (SSSR count). The molecule has 5 nitrogen and oxygen atoms in total. The molecule has 2 heterocycles. The van der Waals surface area contributed by atoms with Gasteiger partial charge in [-0.05, 0) is 36.8 Å². The Balaban J connectivity index is 1.90. The van der Waals surface area contributed by atoms with E-state index in [4.69, 9.17) is 10.8 Å². The smallest absolute Gasteiger partial charge is 0.349 e. The predicted molar refractivity (Wildman–Crippen MR) is 106 cm³/mol. The average Bonchev–Trinajstić information content (AvgIpc) is 2.97. The van der Waals surface area contributed by atoms with Gasteiger partial charge >= 0.3 is 5.63 Å². The topological polar surface area (TPSA) is 64.6 Å². The molecule has 0 fully saturated rings. The van der Waals surface area contributed by atoms with Gasteiger partial charge in [0.2, 0.25) is 0 Å². The predicted octanol–water partition coefficient (Wildman–Crippen LogP) is 3.49. The van der Waals surface area contributed by atoms with Crippen molar-refractivity contribution in [2.75, 3.05) is 0 Å². The Morgan fingerprint density at radius 3 is 2.89 bits per heavy atom. The maximum absolute atomic E-state index is 12.7. The number of terminal acetylenes is 1. The van der Waals surface area contributed by atoms with Gasteiger partial charge < -0.3 is 8.98 Å². The van der Waals surface area contributed by atoms with Crippen LogP contribution in [0.25, 0.3) is 21.2 Å². The number of amides is 1. The average molecular weight is 374 g/mol. The van der Waals surface area contributed by atoms with E-state index in [1.54, 1.807) is 22.8 Å². The number of fused-ring (bicyclic) bond motifs is 2. The van der Waals surface area contributed by atoms with Gasteiger partial charge in [-0.25, -0.2) is 4.79 Å². The number of thiazole rings is 1. The van der Waals surface area contributed by atoms with Gasteiger partial charge in [0.05, 0.1) is 16.8 Å². The molecule has 27 heavy (non-hydrogen) atoms. The molecule has 0 aliphatic heterocycles. The zero-order valence-corrected chi connectivity index (χ0v) is 15.2. The summed E-state index contributed by atoms with van der Waals surface area (Å²) in [5.74, 6) is 1.93. The summed E-state index contributed by atoms with van der Waals surface area (Å²) in [7, 11) is 0. The van der Waals surface area contributed by atoms with Gasteiger partial charge in [-0.2, -0.15) is 4.99 Å². The highest BCUT2D eigenvalue weighted by Gasteiger charge is 2.14. The van der Waals surface area contributed by atoms with Gasteiger partial charge in [0.1, 0.15) is 11.1 Å². The number of aryl methyl sites for hydroxylation is 1. The van der Waals surface area contributed by atoms with Crippen molar-refractivity contribution in [1.29, 1.82) is 0 Å². The highest BCUT2D eigenvalue weighted by molar-refractivity contribution is 7.16. The van der Waals surface area contributed by atoms with Crippen LogP contribution in [0.3, 0.4) is 0 Å². The Kier molecular flexibility index (Phi) is 4.22. The summed E-state index contributed by atoms with van der Waals surface area (Å²) in [6.07, 6.45) is 5.48. The molecule has 6 heteroatoms. The van der Waals surface area contributed by atoms with Crippen molar-refractivity contribution in [3.8, 4) is 12.3 Å². The molecule has 0 aliphatic carbocycles. The fourth-order valence-corrected chi connectivity index (χ4v) is 3.99. The molecule has 0 bridgehead atoms. The summed E-state index contributed by atoms with van der Waals surface area (Å²) in [5, 5.41) is 0.666. The van der Waals surface area contributed by atoms with Gasteiger partial charge in [0, 0.05) is 5.39 Å². The molecular formula is C21H14N2O3S. The van der Waals surface area contributed by atoms with Crippen LogP contribution < -0.4 is 10.4 Å². The van der Waals surface area contributed by atoms with Crippen LogP contribution >= 0.6 is 11.3 Å². The molecule has 4 aromatic rings. The molecule has 2 aromatic carbocycles. The van der Waals surface area contributed by atoms with E-state index in [9.17, 15) is 9.59 Å². The van der Waals surface area contributed by atoms with E-state index in [1.165, 1.54) is 17.4 Å². The van der Waals surface area contributed by atoms with E-state index < -0.39 is 11.5 Å². The second kappa shape index (κ2) is 6.71. The van der Waals surface area contributed by atoms with Crippen molar-refractivity contribution in [2.45, 2.75) is 13.5 Å². The summed E-state index contributed by atoms with van der Waals surface area (Å²) in [5.41, 5.74) is 1.63. The first-order valence-corrected chi connectivity index (χ1v) is 9.04. The van der Waals surface area contributed by atoms with E-state index in [0.29, 0.717) is 15.8 Å². The van der Waals surface area contributed by atoms with Crippen molar-refractivity contribution in [2.24, 2.45) is 4.99 Å². The molecule has 0 unspecified atom stereocenters. The lowest BCUT2D eigenvalue weighted by atomic mass is 10.2. The Labute approximate surface area is 158 Å². The van der Waals surface area contributed by atoms with Crippen molar-refractivity contribution in [1.82, 2.24) is 4.57 Å². The van der Waals surface area contributed by atoms with Crippen LogP contribution in [0.1, 0.15) is 15.9 Å². The largest absolute Gasteiger partial charge is 0.422 e. The number of carbonyl (C=O) groups excluding carboxylic acids is 1. The molecule has 0 spiro atoms. The van der Waals surface area contributed by atoms with E-state index >= 15 is 0 Å². The first kappa shape index (κ1) is 17.0. The summed E-state index contributed by atoms with van der Waals surface area (Å²) < 4.78 is 8.00. The van der Waals surface area contributed by atoms with Crippen LogP contribution in [0.2, 0.25) is 0 Å². The lowest BCUT2D eigenvalue weighted by molar-refractivity contribution is 0.0994. The standard InChI is InChI=1S/C21H14N2O3S/c1-3-10-23-16-9-8-13(2)11-18(16)27-21(23)22-19(24)15-12-14-6-4-5-7-17(14)26-20(15)25/h1,4-9,11-12H,10H2,2H3. The SMILES string of the molecule is C#CCn1c(=NC(=O)c2cc3ccccc3oc2=O)sc2cc(C)ccc21. The number of aromatic nitrogens is 1. The summed E-state index contributed by atoms with van der Waals surface area (Å²) >= 11 is 1.36. The molecule has 0 N–H and O–H groups in total. The van der Waals surface area contributed by atoms with Crippen LogP contribution in [0, 0.1) is 19.3 Å². The monoisotopic (exact) mass is 374 g/mol. The summed E-state index contributed by atoms with van der Waals surface area (Å²) in [6.45, 7) is 2.27. The third-order valence-electron chi connectivity index (χ3n) is 4.16. The minimum Gasteiger partial charge on any atom is -0.422 e. The fourth-order valence-electron chi connectivity index (χ4n) is 2.87. The molecule has 1 amide bonds. The maximum Gasteiger partial charge on any atom is 0.349 e. The first-order chi connectivity index (χ1) is 13.1. The Morgan fingerprint density at radius 1 is 1.26 bits per heavy atom. The van der Waals surface area contributed by atoms with Crippen LogP contribution in [-0.4, -0.2) is 10.5 Å². The molecule has 0 saturated heterocycles. The number of rotatable bonds is 2. The normalized spacial score (nSPS) is 11.8. The molecule has 132 valence electrons. The second-order valence-corrected chi connectivity index (χ2v) is 7.06. The maximum atomic E-state index is 12.7. The molecule has 0 atom stereocenters. The van der Waals surface area contributed by atoms with Crippen LogP contribution in [-0.2, 0) is 6.54 Å². The minimum atomic E-state index is -0.706. The summed E-state index contributed by atoms with van der Waals surface area (Å²) in [4.78, 5) is 29.5. The molecule has 0 saturated carbocycles. The Hall–Kier alpha value is -3.43. The number of carbonyl (C=O) groups is 1.